The van der Waals surface area contributed by atoms with E-state index in [9.17, 15) is 13.2 Å². The first-order valence-electron chi connectivity index (χ1n) is 10.7. The van der Waals surface area contributed by atoms with Gasteiger partial charge in [-0.1, -0.05) is 38.3 Å². The number of benzene rings is 1. The Hall–Kier alpha value is -0.773. The molecule has 0 spiro atoms. The lowest BCUT2D eigenvalue weighted by Crippen LogP contribution is -2.26. The average Bonchev–Trinajstić information content (AvgIpc) is 2.66. The van der Waals surface area contributed by atoms with Crippen molar-refractivity contribution in [1.82, 2.24) is 0 Å². The molecule has 2 aliphatic carbocycles. The highest BCUT2D eigenvalue weighted by Crippen LogP contribution is 2.42. The minimum absolute atomic E-state index is 0.219. The van der Waals surface area contributed by atoms with E-state index in [0.29, 0.717) is 17.9 Å². The van der Waals surface area contributed by atoms with Crippen LogP contribution < -0.4 is 0 Å². The average molecular weight is 383 g/mol. The van der Waals surface area contributed by atoms with Crippen LogP contribution in [0, 0.1) is 41.1 Å². The van der Waals surface area contributed by atoms with Crippen molar-refractivity contribution in [1.29, 1.82) is 0 Å². The molecule has 0 nitrogen and oxygen atoms in total. The van der Waals surface area contributed by atoms with Gasteiger partial charge in [-0.3, -0.25) is 0 Å². The van der Waals surface area contributed by atoms with E-state index >= 15 is 0 Å². The normalized spacial score (nSPS) is 30.2. The monoisotopic (exact) mass is 382 g/mol. The van der Waals surface area contributed by atoms with Crippen LogP contribution in [0.2, 0.25) is 12.6 Å². The fourth-order valence-corrected chi connectivity index (χ4v) is 6.82. The van der Waals surface area contributed by atoms with Crippen LogP contribution in [0.15, 0.2) is 12.1 Å². The quantitative estimate of drug-likeness (QED) is 0.401. The van der Waals surface area contributed by atoms with Gasteiger partial charge in [0.2, 0.25) is 0 Å². The first kappa shape index (κ1) is 20.0. The molecule has 0 unspecified atom stereocenters. The number of rotatable bonds is 6. The summed E-state index contributed by atoms with van der Waals surface area (Å²) in [7, 11) is 0.219. The molecule has 0 bridgehead atoms. The molecular formula is C22H33F3Si. The molecule has 146 valence electrons. The molecule has 0 radical (unpaired) electrons. The summed E-state index contributed by atoms with van der Waals surface area (Å²) in [5, 5.41) is 0. The van der Waals surface area contributed by atoms with Gasteiger partial charge in [0.1, 0.15) is 0 Å². The number of aryl methyl sites for hydroxylation is 1. The lowest BCUT2D eigenvalue weighted by molar-refractivity contribution is 0.147. The van der Waals surface area contributed by atoms with Crippen LogP contribution in [-0.2, 0) is 6.42 Å². The predicted octanol–water partition coefficient (Wildman–Crippen LogP) is 6.28. The zero-order valence-electron chi connectivity index (χ0n) is 16.1. The van der Waals surface area contributed by atoms with Crippen molar-refractivity contribution < 1.29 is 13.2 Å². The van der Waals surface area contributed by atoms with E-state index in [-0.39, 0.29) is 9.52 Å². The number of halogens is 3. The third-order valence-corrected chi connectivity index (χ3v) is 8.43. The van der Waals surface area contributed by atoms with E-state index in [2.05, 4.69) is 6.55 Å². The van der Waals surface area contributed by atoms with Gasteiger partial charge in [-0.05, 0) is 79.9 Å². The van der Waals surface area contributed by atoms with Gasteiger partial charge in [0.15, 0.2) is 17.5 Å². The highest BCUT2D eigenvalue weighted by Gasteiger charge is 2.30. The molecule has 2 saturated carbocycles. The second-order valence-electron chi connectivity index (χ2n) is 8.76. The van der Waals surface area contributed by atoms with Gasteiger partial charge in [0.25, 0.3) is 0 Å². The molecule has 1 aromatic carbocycles. The van der Waals surface area contributed by atoms with Gasteiger partial charge < -0.3 is 0 Å². The molecule has 3 rings (SSSR count). The van der Waals surface area contributed by atoms with E-state index in [1.165, 1.54) is 51.4 Å². The van der Waals surface area contributed by atoms with Gasteiger partial charge in [-0.2, -0.15) is 0 Å². The SMILES string of the molecule is C[SiH2]CC1CCC(C2CCC(CCc3cc(F)c(F)c(F)c3)CC2)CC1. The smallest absolute Gasteiger partial charge is 0.194 e. The van der Waals surface area contributed by atoms with Crippen LogP contribution in [-0.4, -0.2) is 9.52 Å². The van der Waals surface area contributed by atoms with Gasteiger partial charge in [-0.25, -0.2) is 13.2 Å². The van der Waals surface area contributed by atoms with Crippen LogP contribution >= 0.6 is 0 Å². The van der Waals surface area contributed by atoms with Crippen molar-refractivity contribution in [2.45, 2.75) is 76.8 Å². The summed E-state index contributed by atoms with van der Waals surface area (Å²) in [5.41, 5.74) is 0.585. The second-order valence-corrected chi connectivity index (χ2v) is 10.3. The third kappa shape index (κ3) is 5.14. The molecule has 0 atom stereocenters. The fourth-order valence-electron chi connectivity index (χ4n) is 5.43. The molecule has 2 fully saturated rings. The topological polar surface area (TPSA) is 0 Å². The largest absolute Gasteiger partial charge is 0.204 e. The molecule has 0 saturated heterocycles. The van der Waals surface area contributed by atoms with Gasteiger partial charge >= 0.3 is 0 Å². The minimum atomic E-state index is -1.36. The molecule has 1 aromatic rings. The number of hydrogen-bond acceptors (Lipinski definition) is 0. The van der Waals surface area contributed by atoms with E-state index < -0.39 is 17.5 Å². The summed E-state index contributed by atoms with van der Waals surface area (Å²) < 4.78 is 39.7. The Bertz CT molecular complexity index is 550. The zero-order valence-corrected chi connectivity index (χ0v) is 17.5. The molecule has 4 heteroatoms. The maximum atomic E-state index is 13.3. The van der Waals surface area contributed by atoms with Crippen LogP contribution in [0.25, 0.3) is 0 Å². The maximum absolute atomic E-state index is 13.3. The second kappa shape index (κ2) is 9.43. The maximum Gasteiger partial charge on any atom is 0.194 e. The van der Waals surface area contributed by atoms with E-state index in [0.717, 1.165) is 36.3 Å². The van der Waals surface area contributed by atoms with E-state index in [1.807, 2.05) is 0 Å². The van der Waals surface area contributed by atoms with E-state index in [4.69, 9.17) is 0 Å². The predicted molar refractivity (Wildman–Crippen MR) is 105 cm³/mol. The Morgan fingerprint density at radius 2 is 1.31 bits per heavy atom. The third-order valence-electron chi connectivity index (χ3n) is 7.03. The lowest BCUT2D eigenvalue weighted by Gasteiger charge is -2.38. The zero-order chi connectivity index (χ0) is 18.5. The van der Waals surface area contributed by atoms with Gasteiger partial charge in [0.05, 0.1) is 0 Å². The first-order chi connectivity index (χ1) is 12.6. The standard InChI is InChI=1S/C22H33F3Si/c1-26-14-16-6-10-19(11-7-16)18-8-4-15(5-9-18)2-3-17-12-20(23)22(25)21(24)13-17/h12-13,15-16,18-19H,2-11,14,26H2,1H3. The molecular weight excluding hydrogens is 349 g/mol. The Labute approximate surface area is 158 Å². The molecule has 0 N–H and O–H groups in total. The van der Waals surface area contributed by atoms with Crippen LogP contribution in [0.3, 0.4) is 0 Å². The highest BCUT2D eigenvalue weighted by molar-refractivity contribution is 6.33. The van der Waals surface area contributed by atoms with Crippen molar-refractivity contribution >= 4 is 9.52 Å². The summed E-state index contributed by atoms with van der Waals surface area (Å²) >= 11 is 0. The van der Waals surface area contributed by atoms with Crippen molar-refractivity contribution in [3.8, 4) is 0 Å². The van der Waals surface area contributed by atoms with Crippen LogP contribution in [0.4, 0.5) is 13.2 Å². The molecule has 26 heavy (non-hydrogen) atoms. The first-order valence-corrected chi connectivity index (χ1v) is 13.1. The van der Waals surface area contributed by atoms with Crippen molar-refractivity contribution in [2.75, 3.05) is 0 Å². The van der Waals surface area contributed by atoms with Crippen molar-refractivity contribution in [3.63, 3.8) is 0 Å². The van der Waals surface area contributed by atoms with Gasteiger partial charge in [0, 0.05) is 9.52 Å². The van der Waals surface area contributed by atoms with E-state index in [1.54, 1.807) is 6.04 Å². The van der Waals surface area contributed by atoms with Crippen molar-refractivity contribution in [3.05, 3.63) is 35.1 Å². The molecule has 0 aliphatic heterocycles. The molecule has 0 aromatic heterocycles. The van der Waals surface area contributed by atoms with Crippen LogP contribution in [0.1, 0.15) is 63.4 Å². The summed E-state index contributed by atoms with van der Waals surface area (Å²) in [5.74, 6) is 0.0683. The van der Waals surface area contributed by atoms with Gasteiger partial charge in [-0.15, -0.1) is 0 Å². The Balaban J connectivity index is 1.40. The Morgan fingerprint density at radius 3 is 1.81 bits per heavy atom. The molecule has 2 aliphatic rings. The van der Waals surface area contributed by atoms with Crippen LogP contribution in [0.5, 0.6) is 0 Å². The summed E-state index contributed by atoms with van der Waals surface area (Å²) in [4.78, 5) is 0. The minimum Gasteiger partial charge on any atom is -0.204 e. The van der Waals surface area contributed by atoms with Crippen molar-refractivity contribution in [2.24, 2.45) is 23.7 Å². The molecule has 0 amide bonds. The highest BCUT2D eigenvalue weighted by atomic mass is 28.2. The number of hydrogen-bond donors (Lipinski definition) is 0. The Morgan fingerprint density at radius 1 is 0.808 bits per heavy atom. The molecule has 0 heterocycles. The summed E-state index contributed by atoms with van der Waals surface area (Å²) in [6.45, 7) is 2.43. The Kier molecular flexibility index (Phi) is 7.25. The lowest BCUT2D eigenvalue weighted by atomic mass is 9.69. The summed E-state index contributed by atoms with van der Waals surface area (Å²) in [6, 6.07) is 3.85. The fraction of sp³-hybridized carbons (Fsp3) is 0.727. The summed E-state index contributed by atoms with van der Waals surface area (Å²) in [6.07, 6.45) is 12.6.